The van der Waals surface area contributed by atoms with Crippen LogP contribution < -0.4 is 4.74 Å². The van der Waals surface area contributed by atoms with Gasteiger partial charge in [0.1, 0.15) is 11.5 Å². The van der Waals surface area contributed by atoms with E-state index in [1.54, 1.807) is 55.8 Å². The van der Waals surface area contributed by atoms with E-state index in [1.165, 1.54) is 23.6 Å². The monoisotopic (exact) mass is 478 g/mol. The van der Waals surface area contributed by atoms with Crippen molar-refractivity contribution >= 4 is 40.5 Å². The van der Waals surface area contributed by atoms with Gasteiger partial charge in [-0.25, -0.2) is 14.8 Å². The summed E-state index contributed by atoms with van der Waals surface area (Å²) in [4.78, 5) is 32.8. The Labute approximate surface area is 202 Å². The summed E-state index contributed by atoms with van der Waals surface area (Å²) in [5.41, 5.74) is 2.70. The fourth-order valence-electron chi connectivity index (χ4n) is 3.11. The maximum atomic E-state index is 12.6. The average Bonchev–Trinajstić information content (AvgIpc) is 3.31. The minimum absolute atomic E-state index is 0.0491. The number of phenols is 1. The Bertz CT molecular complexity index is 1230. The quantitative estimate of drug-likeness (QED) is 0.181. The number of allylic oxidation sites excluding steroid dienone is 1. The minimum Gasteiger partial charge on any atom is -0.507 e. The van der Waals surface area contributed by atoms with E-state index in [1.807, 2.05) is 19.9 Å². The largest absolute Gasteiger partial charge is 0.507 e. The molecular weight excluding hydrogens is 452 g/mol. The fourth-order valence-corrected chi connectivity index (χ4v) is 3.74. The molecule has 0 amide bonds. The second kappa shape index (κ2) is 11.4. The Hall–Kier alpha value is -3.78. The molecule has 1 N–H and O–H groups in total. The Morgan fingerprint density at radius 2 is 1.94 bits per heavy atom. The highest BCUT2D eigenvalue weighted by atomic mass is 32.1. The van der Waals surface area contributed by atoms with Gasteiger partial charge in [0.15, 0.2) is 11.5 Å². The van der Waals surface area contributed by atoms with Gasteiger partial charge in [-0.15, -0.1) is 11.3 Å². The van der Waals surface area contributed by atoms with Crippen molar-refractivity contribution in [2.45, 2.75) is 26.7 Å². The fraction of sp³-hybridized carbons (Fsp3) is 0.231. The molecule has 7 nitrogen and oxygen atoms in total. The van der Waals surface area contributed by atoms with Crippen LogP contribution in [-0.4, -0.2) is 41.8 Å². The van der Waals surface area contributed by atoms with E-state index in [-0.39, 0.29) is 29.8 Å². The molecule has 0 fully saturated rings. The van der Waals surface area contributed by atoms with Gasteiger partial charge in [-0.3, -0.25) is 4.79 Å². The molecule has 34 heavy (non-hydrogen) atoms. The summed E-state index contributed by atoms with van der Waals surface area (Å²) in [6.45, 7) is 5.93. The molecule has 0 aliphatic carbocycles. The van der Waals surface area contributed by atoms with Crippen LogP contribution >= 0.6 is 11.3 Å². The molecule has 0 atom stereocenters. The van der Waals surface area contributed by atoms with Crippen LogP contribution in [-0.2, 0) is 4.74 Å². The van der Waals surface area contributed by atoms with Crippen molar-refractivity contribution in [2.24, 2.45) is 4.99 Å². The zero-order valence-electron chi connectivity index (χ0n) is 19.4. The molecule has 2 aromatic carbocycles. The standard InChI is InChI=1S/C26H26N2O5S/c1-5-33-25(31)22-15-34-26(28-22)27-14-19-12-17(13-21(16(2)3)24(19)30)6-11-23(29)18-7-9-20(32-4)10-8-18/h6-16,30H,5H2,1-4H3/b11-6+,27-14?. The van der Waals surface area contributed by atoms with E-state index < -0.39 is 5.97 Å². The van der Waals surface area contributed by atoms with E-state index >= 15 is 0 Å². The van der Waals surface area contributed by atoms with Gasteiger partial charge in [-0.1, -0.05) is 19.9 Å². The average molecular weight is 479 g/mol. The van der Waals surface area contributed by atoms with Crippen LogP contribution in [0.4, 0.5) is 5.13 Å². The van der Waals surface area contributed by atoms with Gasteiger partial charge in [0, 0.05) is 22.7 Å². The molecule has 0 saturated heterocycles. The topological polar surface area (TPSA) is 98.1 Å². The van der Waals surface area contributed by atoms with Crippen LogP contribution in [0, 0.1) is 0 Å². The van der Waals surface area contributed by atoms with Gasteiger partial charge in [0.05, 0.1) is 13.7 Å². The van der Waals surface area contributed by atoms with E-state index in [0.717, 1.165) is 11.1 Å². The molecule has 0 bridgehead atoms. The number of phenolic OH excluding ortho intramolecular Hbond substituents is 1. The van der Waals surface area contributed by atoms with E-state index in [0.29, 0.717) is 22.0 Å². The first-order valence-electron chi connectivity index (χ1n) is 10.7. The number of aliphatic imine (C=N–C) groups is 1. The molecule has 0 aliphatic heterocycles. The predicted molar refractivity (Wildman–Crippen MR) is 134 cm³/mol. The molecule has 0 aliphatic rings. The van der Waals surface area contributed by atoms with Crippen molar-refractivity contribution in [1.29, 1.82) is 0 Å². The number of hydrogen-bond donors (Lipinski definition) is 1. The number of methoxy groups -OCH3 is 1. The highest BCUT2D eigenvalue weighted by Gasteiger charge is 2.13. The first kappa shape index (κ1) is 24.9. The number of hydrogen-bond acceptors (Lipinski definition) is 8. The summed E-state index contributed by atoms with van der Waals surface area (Å²) in [7, 11) is 1.57. The SMILES string of the molecule is CCOC(=O)c1csc(N=Cc2cc(/C=C/C(=O)c3ccc(OC)cc3)cc(C(C)C)c2O)n1. The number of esters is 1. The lowest BCUT2D eigenvalue weighted by Gasteiger charge is -2.12. The minimum atomic E-state index is -0.501. The molecule has 1 aromatic heterocycles. The number of aromatic nitrogens is 1. The lowest BCUT2D eigenvalue weighted by Crippen LogP contribution is -2.04. The number of carbonyl (C=O) groups is 2. The van der Waals surface area contributed by atoms with E-state index in [9.17, 15) is 14.7 Å². The summed E-state index contributed by atoms with van der Waals surface area (Å²) in [6.07, 6.45) is 4.70. The van der Waals surface area contributed by atoms with Gasteiger partial charge in [0.25, 0.3) is 0 Å². The van der Waals surface area contributed by atoms with Crippen molar-refractivity contribution in [3.05, 3.63) is 75.8 Å². The van der Waals surface area contributed by atoms with Crippen LogP contribution in [0.2, 0.25) is 0 Å². The number of aromatic hydroxyl groups is 1. The van der Waals surface area contributed by atoms with Gasteiger partial charge in [-0.05, 0) is 66.4 Å². The maximum absolute atomic E-state index is 12.6. The van der Waals surface area contributed by atoms with E-state index in [2.05, 4.69) is 9.98 Å². The van der Waals surface area contributed by atoms with E-state index in [4.69, 9.17) is 9.47 Å². The summed E-state index contributed by atoms with van der Waals surface area (Å²) < 4.78 is 10.1. The molecule has 0 spiro atoms. The molecule has 3 aromatic rings. The first-order valence-corrected chi connectivity index (χ1v) is 11.6. The number of benzene rings is 2. The van der Waals surface area contributed by atoms with Crippen molar-refractivity contribution in [3.63, 3.8) is 0 Å². The highest BCUT2D eigenvalue weighted by molar-refractivity contribution is 7.13. The van der Waals surface area contributed by atoms with Crippen LogP contribution in [0.5, 0.6) is 11.5 Å². The second-order valence-corrected chi connectivity index (χ2v) is 8.46. The molecule has 8 heteroatoms. The normalized spacial score (nSPS) is 11.4. The summed E-state index contributed by atoms with van der Waals surface area (Å²) in [5, 5.41) is 12.7. The lowest BCUT2D eigenvalue weighted by molar-refractivity contribution is 0.0520. The third kappa shape index (κ3) is 6.17. The number of rotatable bonds is 9. The third-order valence-corrected chi connectivity index (χ3v) is 5.65. The molecule has 1 heterocycles. The van der Waals surface area contributed by atoms with Crippen molar-refractivity contribution in [1.82, 2.24) is 4.98 Å². The molecule has 176 valence electrons. The first-order chi connectivity index (χ1) is 16.3. The maximum Gasteiger partial charge on any atom is 0.357 e. The second-order valence-electron chi connectivity index (χ2n) is 7.62. The number of thiazole rings is 1. The van der Waals surface area contributed by atoms with Crippen LogP contribution in [0.3, 0.4) is 0 Å². The number of carbonyl (C=O) groups excluding carboxylic acids is 2. The Balaban J connectivity index is 1.86. The number of ether oxygens (including phenoxy) is 2. The molecule has 3 rings (SSSR count). The molecule has 0 unspecified atom stereocenters. The summed E-state index contributed by atoms with van der Waals surface area (Å²) in [6, 6.07) is 10.5. The Kier molecular flexibility index (Phi) is 8.32. The smallest absolute Gasteiger partial charge is 0.357 e. The van der Waals surface area contributed by atoms with Crippen molar-refractivity contribution < 1.29 is 24.2 Å². The Morgan fingerprint density at radius 3 is 2.59 bits per heavy atom. The Morgan fingerprint density at radius 1 is 1.21 bits per heavy atom. The van der Waals surface area contributed by atoms with Crippen LogP contribution in [0.25, 0.3) is 6.08 Å². The lowest BCUT2D eigenvalue weighted by atomic mass is 9.96. The van der Waals surface area contributed by atoms with Crippen LogP contribution in [0.15, 0.2) is 52.8 Å². The number of nitrogens with zero attached hydrogens (tertiary/aromatic N) is 2. The van der Waals surface area contributed by atoms with Crippen molar-refractivity contribution in [2.75, 3.05) is 13.7 Å². The van der Waals surface area contributed by atoms with Crippen molar-refractivity contribution in [3.8, 4) is 11.5 Å². The van der Waals surface area contributed by atoms with Gasteiger partial charge < -0.3 is 14.6 Å². The zero-order valence-corrected chi connectivity index (χ0v) is 20.3. The van der Waals surface area contributed by atoms with Gasteiger partial charge >= 0.3 is 5.97 Å². The third-order valence-electron chi connectivity index (χ3n) is 4.91. The zero-order chi connectivity index (χ0) is 24.7. The molecular formula is C26H26N2O5S. The van der Waals surface area contributed by atoms with Gasteiger partial charge in [-0.2, -0.15) is 0 Å². The van der Waals surface area contributed by atoms with Crippen LogP contribution in [0.1, 0.15) is 64.2 Å². The summed E-state index contributed by atoms with van der Waals surface area (Å²) >= 11 is 1.20. The molecule has 0 saturated carbocycles. The van der Waals surface area contributed by atoms with Gasteiger partial charge in [0.2, 0.25) is 5.13 Å². The number of ketones is 1. The highest BCUT2D eigenvalue weighted by Crippen LogP contribution is 2.31. The predicted octanol–water partition coefficient (Wildman–Crippen LogP) is 5.80. The molecule has 0 radical (unpaired) electrons. The summed E-state index contributed by atoms with van der Waals surface area (Å²) in [5.74, 6) is 0.192.